The number of carbonyl (C=O) groups is 1. The summed E-state index contributed by atoms with van der Waals surface area (Å²) >= 11 is 0. The van der Waals surface area contributed by atoms with E-state index in [2.05, 4.69) is 5.32 Å². The van der Waals surface area contributed by atoms with Gasteiger partial charge in [0.2, 0.25) is 5.78 Å². The lowest BCUT2D eigenvalue weighted by Crippen LogP contribution is -2.34. The molecule has 0 saturated carbocycles. The highest BCUT2D eigenvalue weighted by Crippen LogP contribution is 2.24. The van der Waals surface area contributed by atoms with E-state index in [1.807, 2.05) is 13.0 Å². The third kappa shape index (κ3) is 1.31. The molecule has 1 aliphatic carbocycles. The number of aliphatic hydroxyl groups excluding tert-OH is 1. The van der Waals surface area contributed by atoms with Gasteiger partial charge in [0.25, 0.3) is 0 Å². The molecular formula is C10H11NO2. The van der Waals surface area contributed by atoms with E-state index in [4.69, 9.17) is 0 Å². The highest BCUT2D eigenvalue weighted by Gasteiger charge is 2.22. The van der Waals surface area contributed by atoms with Crippen molar-refractivity contribution in [1.29, 1.82) is 0 Å². The first-order valence-electron chi connectivity index (χ1n) is 4.29. The quantitative estimate of drug-likeness (QED) is 0.577. The minimum absolute atomic E-state index is 0.163. The smallest absolute Gasteiger partial charge is 0.220 e. The van der Waals surface area contributed by atoms with E-state index >= 15 is 0 Å². The largest absolute Gasteiger partial charge is 0.504 e. The van der Waals surface area contributed by atoms with Crippen molar-refractivity contribution in [3.8, 4) is 0 Å². The fourth-order valence-electron chi connectivity index (χ4n) is 1.61. The van der Waals surface area contributed by atoms with Crippen LogP contribution in [0.2, 0.25) is 0 Å². The number of ketones is 1. The molecule has 0 bridgehead atoms. The van der Waals surface area contributed by atoms with Crippen LogP contribution in [0, 0.1) is 0 Å². The third-order valence-electron chi connectivity index (χ3n) is 2.38. The van der Waals surface area contributed by atoms with Crippen LogP contribution in [0.3, 0.4) is 0 Å². The topological polar surface area (TPSA) is 49.3 Å². The number of hydrogen-bond donors (Lipinski definition) is 2. The molecule has 0 spiro atoms. The zero-order chi connectivity index (χ0) is 9.42. The summed E-state index contributed by atoms with van der Waals surface area (Å²) in [5.74, 6) is -0.466. The van der Waals surface area contributed by atoms with E-state index in [-0.39, 0.29) is 17.6 Å². The Morgan fingerprint density at radius 2 is 2.31 bits per heavy atom. The number of aliphatic hydroxyl groups is 1. The summed E-state index contributed by atoms with van der Waals surface area (Å²) in [6, 6.07) is 0.188. The van der Waals surface area contributed by atoms with Gasteiger partial charge in [-0.15, -0.1) is 0 Å². The maximum atomic E-state index is 11.1. The lowest BCUT2D eigenvalue weighted by molar-refractivity contribution is -0.113. The number of hydrogen-bond acceptors (Lipinski definition) is 3. The van der Waals surface area contributed by atoms with Crippen molar-refractivity contribution in [3.05, 3.63) is 35.1 Å². The molecular weight excluding hydrogens is 166 g/mol. The second-order valence-electron chi connectivity index (χ2n) is 3.28. The summed E-state index contributed by atoms with van der Waals surface area (Å²) in [7, 11) is 0. The molecule has 0 aromatic carbocycles. The Hall–Kier alpha value is -1.35. The van der Waals surface area contributed by atoms with Gasteiger partial charge < -0.3 is 10.4 Å². The van der Waals surface area contributed by atoms with Crippen LogP contribution in [0.4, 0.5) is 0 Å². The van der Waals surface area contributed by atoms with Crippen LogP contribution in [0.1, 0.15) is 6.92 Å². The summed E-state index contributed by atoms with van der Waals surface area (Å²) in [4.78, 5) is 11.1. The van der Waals surface area contributed by atoms with Crippen LogP contribution in [0.5, 0.6) is 0 Å². The Balaban J connectivity index is 2.44. The van der Waals surface area contributed by atoms with E-state index < -0.39 is 0 Å². The number of carbonyl (C=O) groups excluding carboxylic acids is 1. The van der Waals surface area contributed by atoms with E-state index in [0.29, 0.717) is 0 Å². The van der Waals surface area contributed by atoms with Crippen LogP contribution < -0.4 is 5.32 Å². The van der Waals surface area contributed by atoms with Crippen LogP contribution in [0.25, 0.3) is 0 Å². The van der Waals surface area contributed by atoms with Crippen molar-refractivity contribution in [2.45, 2.75) is 13.0 Å². The second kappa shape index (κ2) is 2.85. The van der Waals surface area contributed by atoms with Gasteiger partial charge in [-0.25, -0.2) is 0 Å². The summed E-state index contributed by atoms with van der Waals surface area (Å²) in [6.45, 7) is 2.79. The highest BCUT2D eigenvalue weighted by molar-refractivity contribution is 6.05. The van der Waals surface area contributed by atoms with Gasteiger partial charge in [-0.3, -0.25) is 4.79 Å². The molecule has 1 aliphatic heterocycles. The predicted octanol–water partition coefficient (Wildman–Crippen LogP) is 0.856. The van der Waals surface area contributed by atoms with Crippen LogP contribution in [-0.2, 0) is 4.79 Å². The van der Waals surface area contributed by atoms with Crippen molar-refractivity contribution >= 4 is 5.78 Å². The van der Waals surface area contributed by atoms with Crippen LogP contribution >= 0.6 is 0 Å². The van der Waals surface area contributed by atoms with Gasteiger partial charge in [0.05, 0.1) is 0 Å². The van der Waals surface area contributed by atoms with Crippen molar-refractivity contribution in [2.24, 2.45) is 0 Å². The number of nitrogens with one attached hydrogen (secondary N) is 1. The Kier molecular flexibility index (Phi) is 1.81. The molecule has 13 heavy (non-hydrogen) atoms. The molecule has 3 nitrogen and oxygen atoms in total. The minimum Gasteiger partial charge on any atom is -0.504 e. The molecule has 0 saturated heterocycles. The van der Waals surface area contributed by atoms with E-state index in [9.17, 15) is 9.90 Å². The third-order valence-corrected chi connectivity index (χ3v) is 2.38. The maximum Gasteiger partial charge on any atom is 0.220 e. The molecule has 2 rings (SSSR count). The molecule has 0 amide bonds. The molecule has 0 aromatic heterocycles. The predicted molar refractivity (Wildman–Crippen MR) is 49.3 cm³/mol. The van der Waals surface area contributed by atoms with Crippen molar-refractivity contribution in [2.75, 3.05) is 6.54 Å². The molecule has 3 heteroatoms. The summed E-state index contributed by atoms with van der Waals surface area (Å²) in [5, 5.41) is 12.4. The molecule has 2 aliphatic rings. The Labute approximate surface area is 76.4 Å². The van der Waals surface area contributed by atoms with E-state index in [0.717, 1.165) is 17.7 Å². The van der Waals surface area contributed by atoms with Crippen molar-refractivity contribution in [1.82, 2.24) is 5.32 Å². The SMILES string of the molecule is CC1NCC=C2C=C(O)C(=O)C=C21. The number of allylic oxidation sites excluding steroid dienone is 2. The fourth-order valence-corrected chi connectivity index (χ4v) is 1.61. The monoisotopic (exact) mass is 177 g/mol. The molecule has 1 heterocycles. The van der Waals surface area contributed by atoms with Gasteiger partial charge in [0.15, 0.2) is 5.76 Å². The van der Waals surface area contributed by atoms with Crippen LogP contribution in [-0.4, -0.2) is 23.5 Å². The first-order valence-corrected chi connectivity index (χ1v) is 4.29. The fraction of sp³-hybridized carbons (Fsp3) is 0.300. The lowest BCUT2D eigenvalue weighted by Gasteiger charge is -2.25. The van der Waals surface area contributed by atoms with E-state index in [1.165, 1.54) is 12.2 Å². The molecule has 68 valence electrons. The second-order valence-corrected chi connectivity index (χ2v) is 3.28. The summed E-state index contributed by atoms with van der Waals surface area (Å²) in [5.41, 5.74) is 1.93. The Bertz CT molecular complexity index is 350. The highest BCUT2D eigenvalue weighted by atomic mass is 16.3. The standard InChI is InChI=1S/C10H11NO2/c1-6-8-5-10(13)9(12)4-7(8)2-3-11-6/h2,4-6,11-12H,3H2,1H3. The van der Waals surface area contributed by atoms with Crippen LogP contribution in [0.15, 0.2) is 35.1 Å². The van der Waals surface area contributed by atoms with Gasteiger partial charge >= 0.3 is 0 Å². The zero-order valence-electron chi connectivity index (χ0n) is 7.37. The first-order chi connectivity index (χ1) is 6.18. The molecule has 1 atom stereocenters. The van der Waals surface area contributed by atoms with Gasteiger partial charge in [0.1, 0.15) is 0 Å². The Morgan fingerprint density at radius 1 is 1.54 bits per heavy atom. The number of rotatable bonds is 0. The van der Waals surface area contributed by atoms with Gasteiger partial charge in [0, 0.05) is 12.6 Å². The first kappa shape index (κ1) is 8.26. The minimum atomic E-state index is -0.303. The van der Waals surface area contributed by atoms with Crippen molar-refractivity contribution in [3.63, 3.8) is 0 Å². The molecule has 1 unspecified atom stereocenters. The lowest BCUT2D eigenvalue weighted by atomic mass is 9.90. The summed E-state index contributed by atoms with van der Waals surface area (Å²) in [6.07, 6.45) is 5.00. The van der Waals surface area contributed by atoms with Gasteiger partial charge in [-0.2, -0.15) is 0 Å². The zero-order valence-corrected chi connectivity index (χ0v) is 7.37. The molecule has 0 aromatic rings. The summed E-state index contributed by atoms with van der Waals surface area (Å²) < 4.78 is 0. The Morgan fingerprint density at radius 3 is 3.08 bits per heavy atom. The molecule has 0 fully saturated rings. The normalized spacial score (nSPS) is 27.3. The van der Waals surface area contributed by atoms with Gasteiger partial charge in [-0.05, 0) is 30.2 Å². The van der Waals surface area contributed by atoms with E-state index in [1.54, 1.807) is 0 Å². The van der Waals surface area contributed by atoms with Gasteiger partial charge in [-0.1, -0.05) is 6.08 Å². The average molecular weight is 177 g/mol. The average Bonchev–Trinajstić information content (AvgIpc) is 2.09. The molecule has 0 radical (unpaired) electrons. The van der Waals surface area contributed by atoms with Crippen molar-refractivity contribution < 1.29 is 9.90 Å². The maximum absolute atomic E-state index is 11.1. The molecule has 2 N–H and O–H groups in total. The number of fused-ring (bicyclic) bond motifs is 1.